The van der Waals surface area contributed by atoms with Crippen molar-refractivity contribution in [2.45, 2.75) is 0 Å². The lowest BCUT2D eigenvalue weighted by atomic mass is 10.8. The van der Waals surface area contributed by atoms with Crippen LogP contribution in [0.4, 0.5) is 0 Å². The Bertz CT molecular complexity index is 75.7. The molecular formula is C3H11N5. The molecule has 0 spiro atoms. The minimum absolute atomic E-state index is 0.0741. The average molecular weight is 117 g/mol. The summed E-state index contributed by atoms with van der Waals surface area (Å²) in [4.78, 5) is 0. The van der Waals surface area contributed by atoms with E-state index < -0.39 is 0 Å². The van der Waals surface area contributed by atoms with Crippen LogP contribution in [0.25, 0.3) is 0 Å². The standard InChI is InChI=1S/C3H11N5/c1-7(5)3(4)8(2)6/h4H,5-6H2,1-2H3. The van der Waals surface area contributed by atoms with Gasteiger partial charge in [-0.05, 0) is 0 Å². The van der Waals surface area contributed by atoms with Gasteiger partial charge in [0.2, 0.25) is 5.96 Å². The van der Waals surface area contributed by atoms with Crippen LogP contribution >= 0.6 is 0 Å². The van der Waals surface area contributed by atoms with Gasteiger partial charge in [-0.25, -0.2) is 11.7 Å². The van der Waals surface area contributed by atoms with Gasteiger partial charge in [-0.3, -0.25) is 15.4 Å². The Morgan fingerprint density at radius 3 is 1.50 bits per heavy atom. The molecule has 5 nitrogen and oxygen atoms in total. The Labute approximate surface area is 48.3 Å². The molecule has 5 N–H and O–H groups in total. The zero-order chi connectivity index (χ0) is 6.73. The third-order valence-electron chi connectivity index (χ3n) is 0.668. The van der Waals surface area contributed by atoms with E-state index in [-0.39, 0.29) is 5.96 Å². The molecule has 0 saturated carbocycles. The number of nitrogens with one attached hydrogen (secondary N) is 1. The van der Waals surface area contributed by atoms with Crippen molar-refractivity contribution in [3.05, 3.63) is 0 Å². The fraction of sp³-hybridized carbons (Fsp3) is 0.667. The molecular weight excluding hydrogens is 106 g/mol. The summed E-state index contributed by atoms with van der Waals surface area (Å²) >= 11 is 0. The van der Waals surface area contributed by atoms with Crippen molar-refractivity contribution >= 4 is 5.96 Å². The van der Waals surface area contributed by atoms with Crippen LogP contribution in [0.15, 0.2) is 0 Å². The summed E-state index contributed by atoms with van der Waals surface area (Å²) in [6, 6.07) is 0. The topological polar surface area (TPSA) is 82.4 Å². The number of hydrazine groups is 2. The molecule has 0 saturated heterocycles. The largest absolute Gasteiger partial charge is 0.283 e. The molecule has 0 aliphatic carbocycles. The monoisotopic (exact) mass is 117 g/mol. The van der Waals surface area contributed by atoms with Gasteiger partial charge >= 0.3 is 0 Å². The van der Waals surface area contributed by atoms with Crippen molar-refractivity contribution in [2.75, 3.05) is 14.1 Å². The number of nitrogens with two attached hydrogens (primary N) is 2. The zero-order valence-electron chi connectivity index (χ0n) is 5.05. The van der Waals surface area contributed by atoms with Crippen molar-refractivity contribution < 1.29 is 0 Å². The van der Waals surface area contributed by atoms with Crippen LogP contribution in [0.3, 0.4) is 0 Å². The van der Waals surface area contributed by atoms with Crippen molar-refractivity contribution in [3.63, 3.8) is 0 Å². The maximum Gasteiger partial charge on any atom is 0.222 e. The molecule has 0 aromatic carbocycles. The second-order valence-corrected chi connectivity index (χ2v) is 1.55. The first-order chi connectivity index (χ1) is 3.55. The predicted octanol–water partition coefficient (Wildman–Crippen LogP) is -1.47. The second-order valence-electron chi connectivity index (χ2n) is 1.55. The highest BCUT2D eigenvalue weighted by molar-refractivity contribution is 5.74. The molecule has 0 aromatic heterocycles. The minimum Gasteiger partial charge on any atom is -0.283 e. The van der Waals surface area contributed by atoms with Crippen LogP contribution in [0.5, 0.6) is 0 Å². The molecule has 48 valence electrons. The summed E-state index contributed by atoms with van der Waals surface area (Å²) < 4.78 is 0. The smallest absolute Gasteiger partial charge is 0.222 e. The Hall–Kier alpha value is -0.810. The number of nitrogens with zero attached hydrogens (tertiary/aromatic N) is 2. The van der Waals surface area contributed by atoms with Gasteiger partial charge in [0.1, 0.15) is 0 Å². The molecule has 0 bridgehead atoms. The Morgan fingerprint density at radius 1 is 1.25 bits per heavy atom. The SMILES string of the molecule is CN(N)C(=N)N(C)N. The van der Waals surface area contributed by atoms with Crippen LogP contribution in [0.1, 0.15) is 0 Å². The summed E-state index contributed by atoms with van der Waals surface area (Å²) in [6.45, 7) is 0. The van der Waals surface area contributed by atoms with Crippen molar-refractivity contribution in [2.24, 2.45) is 11.7 Å². The van der Waals surface area contributed by atoms with Gasteiger partial charge in [0.25, 0.3) is 0 Å². The van der Waals surface area contributed by atoms with E-state index in [9.17, 15) is 0 Å². The lowest BCUT2D eigenvalue weighted by Gasteiger charge is -2.18. The molecule has 0 aliphatic rings. The summed E-state index contributed by atoms with van der Waals surface area (Å²) in [5, 5.41) is 9.25. The highest BCUT2D eigenvalue weighted by Crippen LogP contribution is 1.74. The molecule has 0 radical (unpaired) electrons. The molecule has 0 amide bonds. The van der Waals surface area contributed by atoms with E-state index in [1.807, 2.05) is 0 Å². The van der Waals surface area contributed by atoms with E-state index in [0.717, 1.165) is 10.0 Å². The van der Waals surface area contributed by atoms with Gasteiger partial charge in [0.05, 0.1) is 0 Å². The van der Waals surface area contributed by atoms with Crippen LogP contribution < -0.4 is 11.7 Å². The van der Waals surface area contributed by atoms with Crippen molar-refractivity contribution in [1.82, 2.24) is 10.0 Å². The second kappa shape index (κ2) is 2.49. The summed E-state index contributed by atoms with van der Waals surface area (Å²) in [5.41, 5.74) is 0. The molecule has 0 aromatic rings. The van der Waals surface area contributed by atoms with Gasteiger partial charge in [0, 0.05) is 14.1 Å². The molecule has 0 fully saturated rings. The van der Waals surface area contributed by atoms with Crippen LogP contribution in [-0.4, -0.2) is 30.1 Å². The molecule has 5 heteroatoms. The van der Waals surface area contributed by atoms with Gasteiger partial charge in [0.15, 0.2) is 0 Å². The van der Waals surface area contributed by atoms with Gasteiger partial charge in [-0.15, -0.1) is 0 Å². The number of guanidine groups is 1. The number of hydrogen-bond acceptors (Lipinski definition) is 3. The highest BCUT2D eigenvalue weighted by atomic mass is 15.6. The van der Waals surface area contributed by atoms with E-state index in [4.69, 9.17) is 17.1 Å². The normalized spacial score (nSPS) is 8.50. The lowest BCUT2D eigenvalue weighted by molar-refractivity contribution is 0.404. The summed E-state index contributed by atoms with van der Waals surface area (Å²) in [7, 11) is 3.09. The van der Waals surface area contributed by atoms with E-state index in [1.54, 1.807) is 14.1 Å². The van der Waals surface area contributed by atoms with Crippen LogP contribution in [-0.2, 0) is 0 Å². The Kier molecular flexibility index (Phi) is 2.23. The van der Waals surface area contributed by atoms with Gasteiger partial charge in [-0.1, -0.05) is 0 Å². The highest BCUT2D eigenvalue weighted by Gasteiger charge is 1.98. The van der Waals surface area contributed by atoms with E-state index in [1.165, 1.54) is 0 Å². The number of hydrogen-bond donors (Lipinski definition) is 3. The average Bonchev–Trinajstić information content (AvgIpc) is 1.64. The molecule has 0 heterocycles. The Morgan fingerprint density at radius 2 is 1.50 bits per heavy atom. The van der Waals surface area contributed by atoms with Crippen molar-refractivity contribution in [3.8, 4) is 0 Å². The molecule has 8 heavy (non-hydrogen) atoms. The number of rotatable bonds is 0. The van der Waals surface area contributed by atoms with Crippen LogP contribution in [0.2, 0.25) is 0 Å². The van der Waals surface area contributed by atoms with E-state index in [0.29, 0.717) is 0 Å². The van der Waals surface area contributed by atoms with Gasteiger partial charge in [-0.2, -0.15) is 0 Å². The summed E-state index contributed by atoms with van der Waals surface area (Å²) in [6.07, 6.45) is 0. The molecule has 0 atom stereocenters. The summed E-state index contributed by atoms with van der Waals surface area (Å²) in [5.74, 6) is 10.3. The maximum absolute atomic E-state index is 7.00. The quantitative estimate of drug-likeness (QED) is 0.157. The van der Waals surface area contributed by atoms with E-state index in [2.05, 4.69) is 0 Å². The maximum atomic E-state index is 7.00. The first kappa shape index (κ1) is 7.19. The minimum atomic E-state index is 0.0741. The zero-order valence-corrected chi connectivity index (χ0v) is 5.05. The molecule has 0 unspecified atom stereocenters. The van der Waals surface area contributed by atoms with Crippen molar-refractivity contribution in [1.29, 1.82) is 5.41 Å². The fourth-order valence-electron chi connectivity index (χ4n) is 0.249. The van der Waals surface area contributed by atoms with E-state index >= 15 is 0 Å². The molecule has 0 rings (SSSR count). The van der Waals surface area contributed by atoms with Gasteiger partial charge < -0.3 is 0 Å². The third-order valence-corrected chi connectivity index (χ3v) is 0.668. The predicted molar refractivity (Wildman–Crippen MR) is 31.6 cm³/mol. The molecule has 0 aliphatic heterocycles. The lowest BCUT2D eigenvalue weighted by Crippen LogP contribution is -2.46. The first-order valence-corrected chi connectivity index (χ1v) is 2.11. The fourth-order valence-corrected chi connectivity index (χ4v) is 0.249. The van der Waals surface area contributed by atoms with Crippen LogP contribution in [0, 0.1) is 5.41 Å². The third kappa shape index (κ3) is 1.76. The first-order valence-electron chi connectivity index (χ1n) is 2.11. The Balaban J connectivity index is 3.65.